The lowest BCUT2D eigenvalue weighted by Crippen LogP contribution is -2.44. The quantitative estimate of drug-likeness (QED) is 0.708. The Labute approximate surface area is 152 Å². The zero-order valence-corrected chi connectivity index (χ0v) is 14.3. The number of alkyl halides is 3. The molecular formula is C17H16F3N3O4. The molecule has 2 rings (SSSR count). The van der Waals surface area contributed by atoms with Crippen molar-refractivity contribution in [2.75, 3.05) is 19.5 Å². The molecule has 3 amide bonds. The molecule has 0 heterocycles. The van der Waals surface area contributed by atoms with Crippen LogP contribution in [0.3, 0.4) is 0 Å². The Balaban J connectivity index is 2.04. The van der Waals surface area contributed by atoms with Crippen molar-refractivity contribution in [2.24, 2.45) is 0 Å². The number of carbonyl (C=O) groups is 2. The number of rotatable bonds is 4. The number of urea groups is 1. The van der Waals surface area contributed by atoms with E-state index in [9.17, 15) is 22.8 Å². The minimum Gasteiger partial charge on any atom is -0.497 e. The standard InChI is InChI=1S/C17H16F3N3O4/c1-26-10-7-8-11(14(9-10)27-2)15(24)22-23-16(25)21-13-6-4-3-5-12(13)17(18,19)20/h3-9H,1-2H3,(H,22,24)(H2,21,23,25). The molecular weight excluding hydrogens is 367 g/mol. The Morgan fingerprint density at radius 2 is 1.67 bits per heavy atom. The van der Waals surface area contributed by atoms with Crippen molar-refractivity contribution in [1.29, 1.82) is 0 Å². The van der Waals surface area contributed by atoms with E-state index in [2.05, 4.69) is 5.43 Å². The van der Waals surface area contributed by atoms with E-state index in [1.54, 1.807) is 0 Å². The molecule has 0 fully saturated rings. The van der Waals surface area contributed by atoms with Gasteiger partial charge in [0.05, 0.1) is 31.0 Å². The number of benzene rings is 2. The highest BCUT2D eigenvalue weighted by Crippen LogP contribution is 2.34. The average Bonchev–Trinajstić information content (AvgIpc) is 2.65. The van der Waals surface area contributed by atoms with Gasteiger partial charge in [0.25, 0.3) is 5.91 Å². The summed E-state index contributed by atoms with van der Waals surface area (Å²) in [4.78, 5) is 24.0. The number of nitrogens with one attached hydrogen (secondary N) is 3. The number of hydrogen-bond acceptors (Lipinski definition) is 4. The van der Waals surface area contributed by atoms with E-state index in [0.29, 0.717) is 5.75 Å². The van der Waals surface area contributed by atoms with E-state index < -0.39 is 29.4 Å². The summed E-state index contributed by atoms with van der Waals surface area (Å²) < 4.78 is 48.8. The average molecular weight is 383 g/mol. The van der Waals surface area contributed by atoms with Crippen LogP contribution in [0.5, 0.6) is 11.5 Å². The van der Waals surface area contributed by atoms with Gasteiger partial charge in [0.15, 0.2) is 0 Å². The molecule has 0 aromatic heterocycles. The van der Waals surface area contributed by atoms with Crippen LogP contribution in [0.1, 0.15) is 15.9 Å². The molecule has 0 aliphatic carbocycles. The Kier molecular flexibility index (Phi) is 6.11. The summed E-state index contributed by atoms with van der Waals surface area (Å²) in [7, 11) is 2.79. The lowest BCUT2D eigenvalue weighted by Gasteiger charge is -2.15. The number of amides is 3. The molecule has 2 aromatic carbocycles. The first kappa shape index (κ1) is 19.9. The maximum absolute atomic E-state index is 12.9. The van der Waals surface area contributed by atoms with E-state index in [1.165, 1.54) is 44.6 Å². The molecule has 27 heavy (non-hydrogen) atoms. The molecule has 7 nitrogen and oxygen atoms in total. The fourth-order valence-corrected chi connectivity index (χ4v) is 2.16. The lowest BCUT2D eigenvalue weighted by molar-refractivity contribution is -0.136. The van der Waals surface area contributed by atoms with E-state index in [-0.39, 0.29) is 11.3 Å². The number of anilines is 1. The van der Waals surface area contributed by atoms with Crippen LogP contribution in [0.4, 0.5) is 23.7 Å². The number of hydrogen-bond donors (Lipinski definition) is 3. The second kappa shape index (κ2) is 8.30. The maximum Gasteiger partial charge on any atom is 0.418 e. The Morgan fingerprint density at radius 1 is 0.963 bits per heavy atom. The van der Waals surface area contributed by atoms with Gasteiger partial charge < -0.3 is 14.8 Å². The maximum atomic E-state index is 12.9. The Bertz CT molecular complexity index is 840. The fourth-order valence-electron chi connectivity index (χ4n) is 2.16. The smallest absolute Gasteiger partial charge is 0.418 e. The Morgan fingerprint density at radius 3 is 2.30 bits per heavy atom. The topological polar surface area (TPSA) is 88.7 Å². The monoisotopic (exact) mass is 383 g/mol. The van der Waals surface area contributed by atoms with E-state index in [1.807, 2.05) is 10.7 Å². The number of carbonyl (C=O) groups excluding carboxylic acids is 2. The van der Waals surface area contributed by atoms with Gasteiger partial charge in [-0.25, -0.2) is 10.2 Å². The lowest BCUT2D eigenvalue weighted by atomic mass is 10.1. The molecule has 0 bridgehead atoms. The van der Waals surface area contributed by atoms with Crippen LogP contribution < -0.4 is 25.6 Å². The van der Waals surface area contributed by atoms with Crippen molar-refractivity contribution < 1.29 is 32.2 Å². The van der Waals surface area contributed by atoms with Gasteiger partial charge in [-0.1, -0.05) is 12.1 Å². The highest BCUT2D eigenvalue weighted by Gasteiger charge is 2.33. The minimum atomic E-state index is -4.64. The summed E-state index contributed by atoms with van der Waals surface area (Å²) in [6.07, 6.45) is -4.64. The second-order valence-corrected chi connectivity index (χ2v) is 5.14. The van der Waals surface area contributed by atoms with E-state index in [4.69, 9.17) is 9.47 Å². The fraction of sp³-hybridized carbons (Fsp3) is 0.176. The summed E-state index contributed by atoms with van der Waals surface area (Å²) >= 11 is 0. The highest BCUT2D eigenvalue weighted by atomic mass is 19.4. The third kappa shape index (κ3) is 5.03. The van der Waals surface area contributed by atoms with Crippen LogP contribution in [0, 0.1) is 0 Å². The molecule has 0 unspecified atom stereocenters. The van der Waals surface area contributed by atoms with Crippen LogP contribution in [-0.2, 0) is 6.18 Å². The van der Waals surface area contributed by atoms with Crippen LogP contribution in [0.25, 0.3) is 0 Å². The van der Waals surface area contributed by atoms with Crippen LogP contribution in [-0.4, -0.2) is 26.2 Å². The number of hydrazine groups is 1. The van der Waals surface area contributed by atoms with Crippen molar-refractivity contribution in [3.63, 3.8) is 0 Å². The molecule has 3 N–H and O–H groups in total. The van der Waals surface area contributed by atoms with Gasteiger partial charge >= 0.3 is 12.2 Å². The van der Waals surface area contributed by atoms with Crippen molar-refractivity contribution in [1.82, 2.24) is 10.9 Å². The summed E-state index contributed by atoms with van der Waals surface area (Å²) in [5.74, 6) is -0.0805. The zero-order chi connectivity index (χ0) is 20.0. The van der Waals surface area contributed by atoms with Gasteiger partial charge in [-0.15, -0.1) is 0 Å². The first-order valence-corrected chi connectivity index (χ1v) is 7.52. The first-order chi connectivity index (χ1) is 12.8. The summed E-state index contributed by atoms with van der Waals surface area (Å²) in [5.41, 5.74) is 2.71. The van der Waals surface area contributed by atoms with Gasteiger partial charge in [0, 0.05) is 6.07 Å². The molecule has 0 saturated carbocycles. The van der Waals surface area contributed by atoms with Crippen molar-refractivity contribution in [3.8, 4) is 11.5 Å². The molecule has 0 spiro atoms. The normalized spacial score (nSPS) is 10.7. The van der Waals surface area contributed by atoms with Gasteiger partial charge in [0.1, 0.15) is 11.5 Å². The molecule has 10 heteroatoms. The molecule has 0 aliphatic heterocycles. The minimum absolute atomic E-state index is 0.0919. The first-order valence-electron chi connectivity index (χ1n) is 7.52. The van der Waals surface area contributed by atoms with Crippen molar-refractivity contribution in [2.45, 2.75) is 6.18 Å². The predicted octanol–water partition coefficient (Wildman–Crippen LogP) is 3.19. The van der Waals surface area contributed by atoms with Crippen LogP contribution >= 0.6 is 0 Å². The summed E-state index contributed by atoms with van der Waals surface area (Å²) in [5, 5.41) is 2.03. The second-order valence-electron chi connectivity index (χ2n) is 5.14. The van der Waals surface area contributed by atoms with Gasteiger partial charge in [-0.3, -0.25) is 10.2 Å². The zero-order valence-electron chi connectivity index (χ0n) is 14.3. The molecule has 0 radical (unpaired) electrons. The molecule has 0 saturated heterocycles. The largest absolute Gasteiger partial charge is 0.497 e. The molecule has 0 aliphatic rings. The van der Waals surface area contributed by atoms with Crippen molar-refractivity contribution >= 4 is 17.6 Å². The van der Waals surface area contributed by atoms with E-state index in [0.717, 1.165) is 12.1 Å². The van der Waals surface area contributed by atoms with Crippen LogP contribution in [0.15, 0.2) is 42.5 Å². The number of ether oxygens (including phenoxy) is 2. The van der Waals surface area contributed by atoms with E-state index >= 15 is 0 Å². The summed E-state index contributed by atoms with van der Waals surface area (Å²) in [6.45, 7) is 0. The summed E-state index contributed by atoms with van der Waals surface area (Å²) in [6, 6.07) is 7.80. The SMILES string of the molecule is COc1ccc(C(=O)NNC(=O)Nc2ccccc2C(F)(F)F)c(OC)c1. The number of para-hydroxylation sites is 1. The van der Waals surface area contributed by atoms with Crippen LogP contribution in [0.2, 0.25) is 0 Å². The number of methoxy groups -OCH3 is 2. The third-order valence-electron chi connectivity index (χ3n) is 3.42. The highest BCUT2D eigenvalue weighted by molar-refractivity contribution is 5.99. The molecule has 144 valence electrons. The predicted molar refractivity (Wildman–Crippen MR) is 90.6 cm³/mol. The van der Waals surface area contributed by atoms with Gasteiger partial charge in [0.2, 0.25) is 0 Å². The Hall–Kier alpha value is -3.43. The van der Waals surface area contributed by atoms with Crippen molar-refractivity contribution in [3.05, 3.63) is 53.6 Å². The van der Waals surface area contributed by atoms with Gasteiger partial charge in [-0.2, -0.15) is 13.2 Å². The molecule has 2 aromatic rings. The number of halogens is 3. The molecule has 0 atom stereocenters. The third-order valence-corrected chi connectivity index (χ3v) is 3.42. The van der Waals surface area contributed by atoms with Gasteiger partial charge in [-0.05, 0) is 24.3 Å².